The number of guanidine groups is 1. The molecule has 0 unspecified atom stereocenters. The molecule has 8 heteroatoms. The third-order valence-corrected chi connectivity index (χ3v) is 4.65. The molecule has 0 radical (unpaired) electrons. The molecule has 0 aliphatic carbocycles. The summed E-state index contributed by atoms with van der Waals surface area (Å²) in [6.45, 7) is 4.87. The Morgan fingerprint density at radius 3 is 2.67 bits per heavy atom. The number of aryl methyl sites for hydroxylation is 1. The molecule has 0 spiro atoms. The van der Waals surface area contributed by atoms with Crippen molar-refractivity contribution in [3.05, 3.63) is 72.1 Å². The van der Waals surface area contributed by atoms with Crippen LogP contribution in [0.2, 0.25) is 0 Å². The van der Waals surface area contributed by atoms with Gasteiger partial charge in [-0.1, -0.05) is 25.1 Å². The van der Waals surface area contributed by atoms with E-state index in [-0.39, 0.29) is 0 Å². The highest BCUT2D eigenvalue weighted by molar-refractivity contribution is 5.79. The van der Waals surface area contributed by atoms with Gasteiger partial charge in [0.2, 0.25) is 0 Å². The molecular formula is C22H29N7O. The Labute approximate surface area is 177 Å². The Bertz CT molecular complexity index is 907. The monoisotopic (exact) mass is 407 g/mol. The van der Waals surface area contributed by atoms with E-state index < -0.39 is 0 Å². The van der Waals surface area contributed by atoms with Gasteiger partial charge in [0.15, 0.2) is 5.96 Å². The number of nitrogens with zero attached hydrogens (tertiary/aromatic N) is 5. The van der Waals surface area contributed by atoms with Gasteiger partial charge in [-0.3, -0.25) is 4.98 Å². The lowest BCUT2D eigenvalue weighted by Gasteiger charge is -2.13. The number of rotatable bonds is 10. The molecule has 0 bridgehead atoms. The normalized spacial score (nSPS) is 11.3. The Hall–Kier alpha value is -3.42. The van der Waals surface area contributed by atoms with Crippen LogP contribution in [-0.4, -0.2) is 45.9 Å². The van der Waals surface area contributed by atoms with Gasteiger partial charge in [0.1, 0.15) is 17.9 Å². The van der Waals surface area contributed by atoms with Crippen molar-refractivity contribution < 1.29 is 4.74 Å². The summed E-state index contributed by atoms with van der Waals surface area (Å²) < 4.78 is 7.27. The van der Waals surface area contributed by atoms with Gasteiger partial charge in [0.05, 0.1) is 19.3 Å². The number of hydrogen-bond acceptors (Lipinski definition) is 5. The zero-order chi connectivity index (χ0) is 21.0. The van der Waals surface area contributed by atoms with Crippen molar-refractivity contribution >= 4 is 5.96 Å². The van der Waals surface area contributed by atoms with Crippen LogP contribution in [0.25, 0.3) is 0 Å². The minimum absolute atomic E-state index is 0.519. The zero-order valence-electron chi connectivity index (χ0n) is 17.6. The summed E-state index contributed by atoms with van der Waals surface area (Å²) in [5, 5.41) is 14.9. The molecule has 0 fully saturated rings. The first-order valence-electron chi connectivity index (χ1n) is 10.2. The fourth-order valence-electron chi connectivity index (χ4n) is 2.98. The highest BCUT2D eigenvalue weighted by Gasteiger charge is 2.04. The highest BCUT2D eigenvalue weighted by atomic mass is 16.5. The zero-order valence-corrected chi connectivity index (χ0v) is 17.6. The van der Waals surface area contributed by atoms with Gasteiger partial charge in [-0.2, -0.15) is 0 Å². The van der Waals surface area contributed by atoms with Gasteiger partial charge >= 0.3 is 0 Å². The van der Waals surface area contributed by atoms with E-state index in [9.17, 15) is 0 Å². The molecule has 0 saturated carbocycles. The lowest BCUT2D eigenvalue weighted by molar-refractivity contribution is 0.414. The third-order valence-electron chi connectivity index (χ3n) is 4.65. The standard InChI is InChI=1S/C22H29N7O/c1-3-21-28-27-17-29(21)15-14-25-22(26-16-19-6-4-5-12-23-19)24-13-11-18-7-9-20(30-2)10-8-18/h4-10,12,17H,3,11,13-16H2,1-2H3,(H2,24,25,26). The molecular weight excluding hydrogens is 378 g/mol. The van der Waals surface area contributed by atoms with Gasteiger partial charge in [-0.25, -0.2) is 4.99 Å². The van der Waals surface area contributed by atoms with Gasteiger partial charge < -0.3 is 19.9 Å². The topological polar surface area (TPSA) is 89.3 Å². The number of hydrogen-bond donors (Lipinski definition) is 2. The summed E-state index contributed by atoms with van der Waals surface area (Å²) in [4.78, 5) is 9.03. The van der Waals surface area contributed by atoms with E-state index >= 15 is 0 Å². The minimum Gasteiger partial charge on any atom is -0.497 e. The SMILES string of the molecule is CCc1nncn1CCNC(=NCc1ccccn1)NCCc1ccc(OC)cc1. The van der Waals surface area contributed by atoms with Crippen LogP contribution in [0.15, 0.2) is 60.0 Å². The highest BCUT2D eigenvalue weighted by Crippen LogP contribution is 2.11. The molecule has 158 valence electrons. The Morgan fingerprint density at radius 2 is 1.93 bits per heavy atom. The Morgan fingerprint density at radius 1 is 1.10 bits per heavy atom. The van der Waals surface area contributed by atoms with Crippen molar-refractivity contribution in [1.82, 2.24) is 30.4 Å². The largest absolute Gasteiger partial charge is 0.497 e. The molecule has 8 nitrogen and oxygen atoms in total. The average molecular weight is 408 g/mol. The fourth-order valence-corrected chi connectivity index (χ4v) is 2.98. The minimum atomic E-state index is 0.519. The Balaban J connectivity index is 1.55. The number of ether oxygens (including phenoxy) is 1. The first kappa shape index (κ1) is 21.3. The predicted octanol–water partition coefficient (Wildman–Crippen LogP) is 2.22. The number of aromatic nitrogens is 4. The third kappa shape index (κ3) is 6.58. The predicted molar refractivity (Wildman–Crippen MR) is 117 cm³/mol. The van der Waals surface area contributed by atoms with Gasteiger partial charge in [0.25, 0.3) is 0 Å². The fraction of sp³-hybridized carbons (Fsp3) is 0.364. The van der Waals surface area contributed by atoms with Gasteiger partial charge in [-0.15, -0.1) is 10.2 Å². The van der Waals surface area contributed by atoms with E-state index in [2.05, 4.69) is 54.4 Å². The summed E-state index contributed by atoms with van der Waals surface area (Å²) in [5.41, 5.74) is 2.17. The van der Waals surface area contributed by atoms with Crippen LogP contribution in [-0.2, 0) is 25.9 Å². The van der Waals surface area contributed by atoms with E-state index in [4.69, 9.17) is 4.74 Å². The van der Waals surface area contributed by atoms with Crippen LogP contribution in [0, 0.1) is 0 Å². The summed E-state index contributed by atoms with van der Waals surface area (Å²) in [5.74, 6) is 2.61. The van der Waals surface area contributed by atoms with Crippen molar-refractivity contribution in [3.8, 4) is 5.75 Å². The first-order chi connectivity index (χ1) is 14.8. The molecule has 2 N–H and O–H groups in total. The lowest BCUT2D eigenvalue weighted by Crippen LogP contribution is -2.40. The molecule has 0 saturated heterocycles. The molecule has 30 heavy (non-hydrogen) atoms. The molecule has 3 rings (SSSR count). The van der Waals surface area contributed by atoms with Crippen LogP contribution in [0.1, 0.15) is 24.0 Å². The molecule has 1 aromatic carbocycles. The summed E-state index contributed by atoms with van der Waals surface area (Å²) in [7, 11) is 1.68. The first-order valence-corrected chi connectivity index (χ1v) is 10.2. The van der Waals surface area contributed by atoms with E-state index in [1.54, 1.807) is 19.6 Å². The number of methoxy groups -OCH3 is 1. The van der Waals surface area contributed by atoms with Crippen LogP contribution >= 0.6 is 0 Å². The molecule has 2 heterocycles. The van der Waals surface area contributed by atoms with Crippen molar-refractivity contribution in [2.24, 2.45) is 4.99 Å². The number of aliphatic imine (C=N–C) groups is 1. The van der Waals surface area contributed by atoms with Crippen LogP contribution in [0.3, 0.4) is 0 Å². The quantitative estimate of drug-likeness (QED) is 0.396. The Kier molecular flexibility index (Phi) is 8.20. The second-order valence-electron chi connectivity index (χ2n) is 6.73. The number of benzene rings is 1. The van der Waals surface area contributed by atoms with Crippen molar-refractivity contribution in [2.45, 2.75) is 32.9 Å². The van der Waals surface area contributed by atoms with Gasteiger partial charge in [-0.05, 0) is 36.2 Å². The second kappa shape index (κ2) is 11.5. The van der Waals surface area contributed by atoms with Crippen LogP contribution in [0.4, 0.5) is 0 Å². The van der Waals surface area contributed by atoms with E-state index in [0.717, 1.165) is 55.7 Å². The number of nitrogens with one attached hydrogen (secondary N) is 2. The van der Waals surface area contributed by atoms with E-state index in [0.29, 0.717) is 6.54 Å². The smallest absolute Gasteiger partial charge is 0.191 e. The maximum atomic E-state index is 5.22. The van der Waals surface area contributed by atoms with E-state index in [1.165, 1.54) is 5.56 Å². The molecule has 0 aliphatic rings. The maximum absolute atomic E-state index is 5.22. The van der Waals surface area contributed by atoms with Crippen molar-refractivity contribution in [2.75, 3.05) is 20.2 Å². The van der Waals surface area contributed by atoms with E-state index in [1.807, 2.05) is 30.3 Å². The summed E-state index contributed by atoms with van der Waals surface area (Å²) in [6.07, 6.45) is 5.30. The van der Waals surface area contributed by atoms with Crippen molar-refractivity contribution in [3.63, 3.8) is 0 Å². The van der Waals surface area contributed by atoms with Gasteiger partial charge in [0, 0.05) is 32.3 Å². The molecule has 0 atom stereocenters. The van der Waals surface area contributed by atoms with Crippen LogP contribution < -0.4 is 15.4 Å². The lowest BCUT2D eigenvalue weighted by atomic mass is 10.1. The molecule has 0 aliphatic heterocycles. The molecule has 2 aromatic heterocycles. The van der Waals surface area contributed by atoms with Crippen LogP contribution in [0.5, 0.6) is 5.75 Å². The number of pyridine rings is 1. The summed E-state index contributed by atoms with van der Waals surface area (Å²) >= 11 is 0. The maximum Gasteiger partial charge on any atom is 0.191 e. The molecule has 0 amide bonds. The molecule has 3 aromatic rings. The summed E-state index contributed by atoms with van der Waals surface area (Å²) in [6, 6.07) is 14.0. The van der Waals surface area contributed by atoms with Crippen molar-refractivity contribution in [1.29, 1.82) is 0 Å². The second-order valence-corrected chi connectivity index (χ2v) is 6.73. The average Bonchev–Trinajstić information content (AvgIpc) is 3.25.